The lowest BCUT2D eigenvalue weighted by atomic mass is 9.97. The monoisotopic (exact) mass is 416 g/mol. The van der Waals surface area contributed by atoms with Gasteiger partial charge in [0, 0.05) is 24.3 Å². The third-order valence-electron chi connectivity index (χ3n) is 5.55. The Kier molecular flexibility index (Phi) is 6.46. The summed E-state index contributed by atoms with van der Waals surface area (Å²) in [5, 5.41) is 11.9. The summed E-state index contributed by atoms with van der Waals surface area (Å²) in [6.07, 6.45) is 1.82. The van der Waals surface area contributed by atoms with Crippen LogP contribution in [0.25, 0.3) is 11.3 Å². The molecule has 31 heavy (non-hydrogen) atoms. The van der Waals surface area contributed by atoms with Crippen molar-refractivity contribution in [3.05, 3.63) is 66.2 Å². The first-order chi connectivity index (χ1) is 15.1. The van der Waals surface area contributed by atoms with Gasteiger partial charge < -0.3 is 15.0 Å². The van der Waals surface area contributed by atoms with Gasteiger partial charge in [-0.1, -0.05) is 29.8 Å². The van der Waals surface area contributed by atoms with Gasteiger partial charge in [-0.05, 0) is 63.1 Å². The van der Waals surface area contributed by atoms with E-state index in [9.17, 15) is 4.79 Å². The van der Waals surface area contributed by atoms with Crippen LogP contribution in [0.1, 0.15) is 25.3 Å². The van der Waals surface area contributed by atoms with E-state index in [2.05, 4.69) is 51.6 Å². The Bertz CT molecular complexity index is 1000. The summed E-state index contributed by atoms with van der Waals surface area (Å²) >= 11 is 0. The molecule has 1 atom stereocenters. The molecule has 6 heteroatoms. The first-order valence-corrected chi connectivity index (χ1v) is 10.8. The fourth-order valence-electron chi connectivity index (χ4n) is 3.82. The molecule has 160 valence electrons. The topological polar surface area (TPSA) is 67.3 Å². The third-order valence-corrected chi connectivity index (χ3v) is 5.55. The maximum absolute atomic E-state index is 12.8. The number of rotatable bonds is 6. The van der Waals surface area contributed by atoms with Crippen LogP contribution in [-0.2, 0) is 4.79 Å². The zero-order chi connectivity index (χ0) is 21.6. The number of piperidine rings is 1. The van der Waals surface area contributed by atoms with Gasteiger partial charge in [-0.15, -0.1) is 10.2 Å². The first-order valence-electron chi connectivity index (χ1n) is 10.8. The first kappa shape index (κ1) is 20.8. The van der Waals surface area contributed by atoms with Crippen LogP contribution in [0.4, 0.5) is 11.5 Å². The van der Waals surface area contributed by atoms with Crippen molar-refractivity contribution in [1.82, 2.24) is 10.2 Å². The number of anilines is 2. The van der Waals surface area contributed by atoms with E-state index >= 15 is 0 Å². The maximum Gasteiger partial charge on any atom is 0.229 e. The predicted molar refractivity (Wildman–Crippen MR) is 123 cm³/mol. The van der Waals surface area contributed by atoms with Crippen LogP contribution >= 0.6 is 0 Å². The Hall–Kier alpha value is -3.41. The summed E-state index contributed by atoms with van der Waals surface area (Å²) in [7, 11) is 0. The highest BCUT2D eigenvalue weighted by Crippen LogP contribution is 2.25. The molecule has 0 aliphatic carbocycles. The number of nitrogens with one attached hydrogen (secondary N) is 1. The predicted octanol–water partition coefficient (Wildman–Crippen LogP) is 4.71. The molecule has 1 N–H and O–H groups in total. The molecule has 1 saturated heterocycles. The van der Waals surface area contributed by atoms with E-state index in [1.165, 1.54) is 5.56 Å². The van der Waals surface area contributed by atoms with E-state index < -0.39 is 0 Å². The SMILES string of the molecule is CCOc1ccc(NC(=O)[C@@H]2CCCN(c3ccc(-c4ccc(C)cc4)nn3)C2)cc1. The van der Waals surface area contributed by atoms with E-state index in [0.29, 0.717) is 13.2 Å². The lowest BCUT2D eigenvalue weighted by Crippen LogP contribution is -2.41. The van der Waals surface area contributed by atoms with E-state index in [1.807, 2.05) is 43.3 Å². The summed E-state index contributed by atoms with van der Waals surface area (Å²) in [4.78, 5) is 15.0. The van der Waals surface area contributed by atoms with E-state index in [4.69, 9.17) is 4.74 Å². The number of hydrogen-bond acceptors (Lipinski definition) is 5. The van der Waals surface area contributed by atoms with E-state index in [1.54, 1.807) is 0 Å². The summed E-state index contributed by atoms with van der Waals surface area (Å²) in [6.45, 7) is 6.16. The average molecular weight is 417 g/mol. The van der Waals surface area contributed by atoms with Crippen molar-refractivity contribution in [3.63, 3.8) is 0 Å². The molecule has 1 fully saturated rings. The molecule has 0 saturated carbocycles. The van der Waals surface area contributed by atoms with Crippen LogP contribution in [0.15, 0.2) is 60.7 Å². The molecule has 4 rings (SSSR count). The summed E-state index contributed by atoms with van der Waals surface area (Å²) in [5.74, 6) is 1.57. The van der Waals surface area contributed by atoms with Gasteiger partial charge in [0.15, 0.2) is 5.82 Å². The molecule has 1 aliphatic rings. The number of hydrogen-bond donors (Lipinski definition) is 1. The summed E-state index contributed by atoms with van der Waals surface area (Å²) in [6, 6.07) is 19.7. The Morgan fingerprint density at radius 1 is 1.06 bits per heavy atom. The van der Waals surface area contributed by atoms with Gasteiger partial charge in [-0.25, -0.2) is 0 Å². The molecule has 0 bridgehead atoms. The lowest BCUT2D eigenvalue weighted by molar-refractivity contribution is -0.120. The fourth-order valence-corrected chi connectivity index (χ4v) is 3.82. The lowest BCUT2D eigenvalue weighted by Gasteiger charge is -2.32. The second-order valence-electron chi connectivity index (χ2n) is 7.87. The normalized spacial score (nSPS) is 16.1. The standard InChI is InChI=1S/C25H28N4O2/c1-3-31-22-12-10-21(11-13-22)26-25(30)20-5-4-16-29(17-20)24-15-14-23(27-28-24)19-8-6-18(2)7-9-19/h6-15,20H,3-5,16-17H2,1-2H3,(H,26,30)/t20-/m1/s1. The largest absolute Gasteiger partial charge is 0.494 e. The summed E-state index contributed by atoms with van der Waals surface area (Å²) in [5.41, 5.74) is 3.91. The number of ether oxygens (including phenoxy) is 1. The van der Waals surface area contributed by atoms with Gasteiger partial charge >= 0.3 is 0 Å². The number of amides is 1. The summed E-state index contributed by atoms with van der Waals surface area (Å²) < 4.78 is 5.45. The molecule has 0 radical (unpaired) electrons. The minimum absolute atomic E-state index is 0.0399. The molecule has 6 nitrogen and oxygen atoms in total. The van der Waals surface area contributed by atoms with Crippen LogP contribution in [0, 0.1) is 12.8 Å². The molecule has 0 unspecified atom stereocenters. The van der Waals surface area contributed by atoms with Crippen LogP contribution in [-0.4, -0.2) is 35.8 Å². The quantitative estimate of drug-likeness (QED) is 0.631. The van der Waals surface area contributed by atoms with Gasteiger partial charge in [-0.2, -0.15) is 0 Å². The van der Waals surface area contributed by atoms with Crippen LogP contribution in [0.5, 0.6) is 5.75 Å². The highest BCUT2D eigenvalue weighted by molar-refractivity contribution is 5.93. The third kappa shape index (κ3) is 5.20. The van der Waals surface area contributed by atoms with Gasteiger partial charge in [-0.3, -0.25) is 4.79 Å². The zero-order valence-electron chi connectivity index (χ0n) is 18.0. The van der Waals surface area contributed by atoms with Crippen LogP contribution in [0.3, 0.4) is 0 Å². The second kappa shape index (κ2) is 9.60. The molecule has 2 aromatic carbocycles. The molecule has 1 aromatic heterocycles. The van der Waals surface area contributed by atoms with E-state index in [-0.39, 0.29) is 11.8 Å². The van der Waals surface area contributed by atoms with Crippen molar-refractivity contribution in [3.8, 4) is 17.0 Å². The number of carbonyl (C=O) groups excluding carboxylic acids is 1. The van der Waals surface area contributed by atoms with Gasteiger partial charge in [0.1, 0.15) is 5.75 Å². The maximum atomic E-state index is 12.8. The minimum atomic E-state index is -0.0844. The second-order valence-corrected chi connectivity index (χ2v) is 7.87. The van der Waals surface area contributed by atoms with Crippen LogP contribution in [0.2, 0.25) is 0 Å². The minimum Gasteiger partial charge on any atom is -0.494 e. The molecule has 3 aromatic rings. The van der Waals surface area contributed by atoms with Gasteiger partial charge in [0.2, 0.25) is 5.91 Å². The van der Waals surface area contributed by atoms with Crippen molar-refractivity contribution < 1.29 is 9.53 Å². The van der Waals surface area contributed by atoms with Crippen molar-refractivity contribution in [1.29, 1.82) is 0 Å². The highest BCUT2D eigenvalue weighted by atomic mass is 16.5. The molecule has 0 spiro atoms. The number of aryl methyl sites for hydroxylation is 1. The number of carbonyl (C=O) groups is 1. The van der Waals surface area contributed by atoms with Crippen molar-refractivity contribution in [2.75, 3.05) is 29.9 Å². The number of aromatic nitrogens is 2. The number of benzene rings is 2. The molecule has 1 amide bonds. The molecular formula is C25H28N4O2. The Morgan fingerprint density at radius 2 is 1.84 bits per heavy atom. The fraction of sp³-hybridized carbons (Fsp3) is 0.320. The Morgan fingerprint density at radius 3 is 2.52 bits per heavy atom. The van der Waals surface area contributed by atoms with Crippen molar-refractivity contribution in [2.45, 2.75) is 26.7 Å². The van der Waals surface area contributed by atoms with Crippen molar-refractivity contribution >= 4 is 17.4 Å². The Balaban J connectivity index is 1.38. The van der Waals surface area contributed by atoms with Crippen LogP contribution < -0.4 is 15.0 Å². The Labute approximate surface area is 183 Å². The van der Waals surface area contributed by atoms with E-state index in [0.717, 1.165) is 47.9 Å². The molecule has 1 aliphatic heterocycles. The number of nitrogens with zero attached hydrogens (tertiary/aromatic N) is 3. The zero-order valence-corrected chi connectivity index (χ0v) is 18.0. The molecular weight excluding hydrogens is 388 g/mol. The smallest absolute Gasteiger partial charge is 0.229 e. The molecule has 2 heterocycles. The van der Waals surface area contributed by atoms with Gasteiger partial charge in [0.25, 0.3) is 0 Å². The highest BCUT2D eigenvalue weighted by Gasteiger charge is 2.27. The van der Waals surface area contributed by atoms with Gasteiger partial charge in [0.05, 0.1) is 18.2 Å². The van der Waals surface area contributed by atoms with Crippen molar-refractivity contribution in [2.24, 2.45) is 5.92 Å². The average Bonchev–Trinajstić information content (AvgIpc) is 2.81.